The molecule has 10 heteroatoms. The first kappa shape index (κ1) is 22.5. The van der Waals surface area contributed by atoms with Crippen LogP contribution in [0.4, 0.5) is 14.5 Å². The number of rotatable bonds is 8. The molecule has 0 aromatic heterocycles. The lowest BCUT2D eigenvalue weighted by molar-refractivity contribution is 0.460. The van der Waals surface area contributed by atoms with Crippen LogP contribution in [0.25, 0.3) is 0 Å². The van der Waals surface area contributed by atoms with E-state index < -0.39 is 20.7 Å². The van der Waals surface area contributed by atoms with E-state index >= 15 is 0 Å². The summed E-state index contributed by atoms with van der Waals surface area (Å²) in [6.45, 7) is 2.34. The summed E-state index contributed by atoms with van der Waals surface area (Å²) in [4.78, 5) is -0.675. The number of nitrogens with two attached hydrogens (primary N) is 3. The maximum atomic E-state index is 14.1. The minimum atomic E-state index is -4.22. The molecule has 0 heterocycles. The van der Waals surface area contributed by atoms with Crippen LogP contribution in [-0.4, -0.2) is 21.0 Å². The van der Waals surface area contributed by atoms with E-state index in [1.165, 1.54) is 12.1 Å². The van der Waals surface area contributed by atoms with Gasteiger partial charge in [-0.3, -0.25) is 0 Å². The van der Waals surface area contributed by atoms with Crippen molar-refractivity contribution >= 4 is 27.3 Å². The normalized spacial score (nSPS) is 14.0. The molecular weight excluding hydrogens is 410 g/mol. The first-order valence-corrected chi connectivity index (χ1v) is 10.4. The molecule has 0 amide bonds. The molecule has 2 atom stereocenters. The molecule has 2 aromatic rings. The molecule has 0 saturated carbocycles. The maximum Gasteiger partial charge on any atom is 0.241 e. The number of nitrogens with one attached hydrogen (secondary N) is 1. The number of halogens is 3. The zero-order valence-electron chi connectivity index (χ0n) is 15.3. The van der Waals surface area contributed by atoms with Crippen LogP contribution in [0, 0.1) is 17.6 Å². The van der Waals surface area contributed by atoms with Crippen LogP contribution in [0.3, 0.4) is 0 Å². The Morgan fingerprint density at radius 2 is 1.86 bits per heavy atom. The highest BCUT2D eigenvalue weighted by molar-refractivity contribution is 7.89. The van der Waals surface area contributed by atoms with Gasteiger partial charge in [-0.2, -0.15) is 0 Å². The summed E-state index contributed by atoms with van der Waals surface area (Å²) < 4.78 is 50.2. The predicted octanol–water partition coefficient (Wildman–Crippen LogP) is 2.34. The predicted molar refractivity (Wildman–Crippen MR) is 106 cm³/mol. The minimum Gasteiger partial charge on any atom is -0.383 e. The molecule has 28 heavy (non-hydrogen) atoms. The van der Waals surface area contributed by atoms with Gasteiger partial charge in [0, 0.05) is 19.1 Å². The standard InChI is InChI=1S/C18H23ClF2N4O2S/c1-10(23)13(4-11-2-3-14(20)5-12(11)8-22)9-25-17-7-16(21)18(6-15(17)19)28(24,26)27/h2-3,5-7,10,13,25H,4,8-9,22-23H2,1H3,(H2,24,26,27)/t10-,13+/m1/s1. The van der Waals surface area contributed by atoms with Gasteiger partial charge in [0.1, 0.15) is 16.5 Å². The Labute approximate surface area is 168 Å². The monoisotopic (exact) mass is 432 g/mol. The molecule has 0 radical (unpaired) electrons. The fourth-order valence-corrected chi connectivity index (χ4v) is 3.74. The Morgan fingerprint density at radius 3 is 2.43 bits per heavy atom. The van der Waals surface area contributed by atoms with Gasteiger partial charge >= 0.3 is 0 Å². The quantitative estimate of drug-likeness (QED) is 0.509. The summed E-state index contributed by atoms with van der Waals surface area (Å²) in [6.07, 6.45) is 0.521. The van der Waals surface area contributed by atoms with Crippen molar-refractivity contribution in [3.63, 3.8) is 0 Å². The Morgan fingerprint density at radius 1 is 1.18 bits per heavy atom. The summed E-state index contributed by atoms with van der Waals surface area (Å²) >= 11 is 6.06. The van der Waals surface area contributed by atoms with Crippen molar-refractivity contribution in [2.75, 3.05) is 11.9 Å². The molecule has 2 aromatic carbocycles. The lowest BCUT2D eigenvalue weighted by atomic mass is 9.91. The number of primary sulfonamides is 1. The second kappa shape index (κ2) is 9.15. The summed E-state index contributed by atoms with van der Waals surface area (Å²) in [5, 5.41) is 7.96. The largest absolute Gasteiger partial charge is 0.383 e. The third-order valence-electron chi connectivity index (χ3n) is 4.50. The summed E-state index contributed by atoms with van der Waals surface area (Å²) in [5.41, 5.74) is 13.5. The van der Waals surface area contributed by atoms with Crippen molar-refractivity contribution in [3.05, 3.63) is 58.1 Å². The Balaban J connectivity index is 2.20. The van der Waals surface area contributed by atoms with E-state index in [0.29, 0.717) is 18.5 Å². The first-order chi connectivity index (χ1) is 13.0. The van der Waals surface area contributed by atoms with E-state index in [2.05, 4.69) is 5.32 Å². The van der Waals surface area contributed by atoms with E-state index in [9.17, 15) is 17.2 Å². The van der Waals surface area contributed by atoms with Gasteiger partial charge in [0.15, 0.2) is 0 Å². The molecule has 0 spiro atoms. The second-order valence-corrected chi connectivity index (χ2v) is 8.57. The molecule has 0 aliphatic carbocycles. The molecule has 6 nitrogen and oxygen atoms in total. The van der Waals surface area contributed by atoms with E-state index in [1.54, 1.807) is 6.07 Å². The van der Waals surface area contributed by atoms with E-state index in [1.807, 2.05) is 6.92 Å². The number of anilines is 1. The van der Waals surface area contributed by atoms with Crippen molar-refractivity contribution in [2.45, 2.75) is 30.8 Å². The maximum absolute atomic E-state index is 14.1. The lowest BCUT2D eigenvalue weighted by Gasteiger charge is -2.23. The Hall–Kier alpha value is -1.78. The molecule has 0 saturated heterocycles. The molecule has 154 valence electrons. The minimum absolute atomic E-state index is 0.0123. The molecule has 0 aliphatic heterocycles. The summed E-state index contributed by atoms with van der Waals surface area (Å²) in [5.74, 6) is -1.47. The number of hydrogen-bond acceptors (Lipinski definition) is 5. The van der Waals surface area contributed by atoms with Crippen LogP contribution < -0.4 is 21.9 Å². The number of hydrogen-bond donors (Lipinski definition) is 4. The van der Waals surface area contributed by atoms with Crippen molar-refractivity contribution in [2.24, 2.45) is 22.5 Å². The molecule has 2 rings (SSSR count). The van der Waals surface area contributed by atoms with Gasteiger partial charge in [-0.25, -0.2) is 22.3 Å². The number of sulfonamides is 1. The Kier molecular flexibility index (Phi) is 7.35. The second-order valence-electron chi connectivity index (χ2n) is 6.63. The van der Waals surface area contributed by atoms with E-state index in [4.69, 9.17) is 28.2 Å². The Bertz CT molecular complexity index is 955. The third-order valence-corrected chi connectivity index (χ3v) is 5.74. The highest BCUT2D eigenvalue weighted by atomic mass is 35.5. The van der Waals surface area contributed by atoms with Crippen molar-refractivity contribution in [3.8, 4) is 0 Å². The third kappa shape index (κ3) is 5.62. The first-order valence-electron chi connectivity index (χ1n) is 8.51. The van der Waals surface area contributed by atoms with Crippen LogP contribution >= 0.6 is 11.6 Å². The lowest BCUT2D eigenvalue weighted by Crippen LogP contribution is -2.34. The van der Waals surface area contributed by atoms with E-state index in [0.717, 1.165) is 17.7 Å². The highest BCUT2D eigenvalue weighted by Gasteiger charge is 2.20. The van der Waals surface area contributed by atoms with Crippen LogP contribution in [0.2, 0.25) is 5.02 Å². The van der Waals surface area contributed by atoms with Gasteiger partial charge in [0.2, 0.25) is 10.0 Å². The summed E-state index contributed by atoms with van der Waals surface area (Å²) in [7, 11) is -4.22. The molecule has 7 N–H and O–H groups in total. The van der Waals surface area contributed by atoms with Crippen LogP contribution in [-0.2, 0) is 23.0 Å². The molecular formula is C18H23ClF2N4O2S. The zero-order chi connectivity index (χ0) is 21.1. The average Bonchev–Trinajstić information content (AvgIpc) is 2.60. The van der Waals surface area contributed by atoms with Gasteiger partial charge in [-0.15, -0.1) is 0 Å². The van der Waals surface area contributed by atoms with Crippen molar-refractivity contribution in [1.29, 1.82) is 0 Å². The molecule has 0 unspecified atom stereocenters. The summed E-state index contributed by atoms with van der Waals surface area (Å²) in [6, 6.07) is 6.11. The highest BCUT2D eigenvalue weighted by Crippen LogP contribution is 2.28. The zero-order valence-corrected chi connectivity index (χ0v) is 16.8. The van der Waals surface area contributed by atoms with Crippen molar-refractivity contribution < 1.29 is 17.2 Å². The SMILES string of the molecule is C[C@@H](N)[C@H](CNc1cc(F)c(S(N)(=O)=O)cc1Cl)Cc1ccc(F)cc1CN. The van der Waals surface area contributed by atoms with Gasteiger partial charge < -0.3 is 16.8 Å². The molecule has 0 fully saturated rings. The fraction of sp³-hybridized carbons (Fsp3) is 0.333. The average molecular weight is 433 g/mol. The van der Waals surface area contributed by atoms with Gasteiger partial charge in [-0.05, 0) is 54.7 Å². The topological polar surface area (TPSA) is 124 Å². The molecule has 0 aliphatic rings. The van der Waals surface area contributed by atoms with E-state index in [-0.39, 0.29) is 35.0 Å². The smallest absolute Gasteiger partial charge is 0.241 e. The fourth-order valence-electron chi connectivity index (χ4n) is 2.83. The van der Waals surface area contributed by atoms with Crippen LogP contribution in [0.1, 0.15) is 18.1 Å². The van der Waals surface area contributed by atoms with Gasteiger partial charge in [-0.1, -0.05) is 17.7 Å². The van der Waals surface area contributed by atoms with Gasteiger partial charge in [0.25, 0.3) is 0 Å². The molecule has 0 bridgehead atoms. The number of benzene rings is 2. The van der Waals surface area contributed by atoms with Crippen molar-refractivity contribution in [1.82, 2.24) is 0 Å². The van der Waals surface area contributed by atoms with Gasteiger partial charge in [0.05, 0.1) is 10.7 Å². The van der Waals surface area contributed by atoms with Crippen LogP contribution in [0.5, 0.6) is 0 Å². The van der Waals surface area contributed by atoms with Crippen LogP contribution in [0.15, 0.2) is 35.2 Å².